The van der Waals surface area contributed by atoms with Gasteiger partial charge >= 0.3 is 0 Å². The van der Waals surface area contributed by atoms with Crippen molar-refractivity contribution >= 4 is 33.2 Å². The number of aryl methyl sites for hydroxylation is 1. The molecule has 34 heavy (non-hydrogen) atoms. The fraction of sp³-hybridized carbons (Fsp3) is 0.200. The van der Waals surface area contributed by atoms with Crippen LogP contribution in [0.1, 0.15) is 17.5 Å². The summed E-state index contributed by atoms with van der Waals surface area (Å²) in [6, 6.07) is 18.7. The summed E-state index contributed by atoms with van der Waals surface area (Å²) < 4.78 is 40.7. The van der Waals surface area contributed by atoms with Crippen molar-refractivity contribution in [3.05, 3.63) is 89.7 Å². The van der Waals surface area contributed by atoms with Gasteiger partial charge in [0.2, 0.25) is 11.8 Å². The van der Waals surface area contributed by atoms with E-state index in [1.807, 2.05) is 31.2 Å². The molecule has 1 unspecified atom stereocenters. The number of carbonyl (C=O) groups is 2. The van der Waals surface area contributed by atoms with E-state index in [0.717, 1.165) is 17.2 Å². The predicted octanol–water partition coefficient (Wildman–Crippen LogP) is 3.92. The van der Waals surface area contributed by atoms with Crippen molar-refractivity contribution in [3.63, 3.8) is 0 Å². The highest BCUT2D eigenvalue weighted by Gasteiger charge is 2.34. The van der Waals surface area contributed by atoms with Gasteiger partial charge in [-0.15, -0.1) is 0 Å². The number of hydrogen-bond acceptors (Lipinski definition) is 4. The fourth-order valence-electron chi connectivity index (χ4n) is 3.74. The van der Waals surface area contributed by atoms with Crippen molar-refractivity contribution in [1.29, 1.82) is 0 Å². The zero-order chi connectivity index (χ0) is 24.3. The molecule has 1 aliphatic rings. The third kappa shape index (κ3) is 5.60. The molecule has 176 valence electrons. The Morgan fingerprint density at radius 3 is 2.41 bits per heavy atom. The second kappa shape index (κ2) is 9.64. The number of likely N-dealkylation sites (tertiary alicyclic amines) is 1. The lowest BCUT2D eigenvalue weighted by molar-refractivity contribution is -0.128. The number of rotatable bonds is 7. The van der Waals surface area contributed by atoms with E-state index in [1.165, 1.54) is 42.5 Å². The number of nitrogens with one attached hydrogen (secondary N) is 2. The van der Waals surface area contributed by atoms with Gasteiger partial charge in [-0.2, -0.15) is 0 Å². The average molecular weight is 482 g/mol. The summed E-state index contributed by atoms with van der Waals surface area (Å²) in [4.78, 5) is 26.7. The van der Waals surface area contributed by atoms with Crippen LogP contribution < -0.4 is 10.0 Å². The van der Waals surface area contributed by atoms with E-state index in [2.05, 4.69) is 10.0 Å². The maximum absolute atomic E-state index is 13.3. The molecule has 1 fully saturated rings. The van der Waals surface area contributed by atoms with Gasteiger partial charge in [-0.3, -0.25) is 14.3 Å². The third-order valence-electron chi connectivity index (χ3n) is 5.59. The molecule has 3 aromatic carbocycles. The van der Waals surface area contributed by atoms with Crippen LogP contribution in [0.5, 0.6) is 0 Å². The Kier molecular flexibility index (Phi) is 6.65. The Labute approximate surface area is 197 Å². The van der Waals surface area contributed by atoms with Crippen LogP contribution >= 0.6 is 0 Å². The number of carbonyl (C=O) groups excluding carboxylic acids is 2. The van der Waals surface area contributed by atoms with Gasteiger partial charge in [0.15, 0.2) is 0 Å². The number of amides is 2. The summed E-state index contributed by atoms with van der Waals surface area (Å²) >= 11 is 0. The van der Waals surface area contributed by atoms with E-state index in [1.54, 1.807) is 4.90 Å². The van der Waals surface area contributed by atoms with E-state index in [9.17, 15) is 22.4 Å². The number of halogens is 1. The zero-order valence-electron chi connectivity index (χ0n) is 18.5. The number of nitrogens with zero attached hydrogens (tertiary/aromatic N) is 1. The van der Waals surface area contributed by atoms with Gasteiger partial charge in [-0.05, 0) is 55.0 Å². The van der Waals surface area contributed by atoms with Crippen LogP contribution in [0.2, 0.25) is 0 Å². The van der Waals surface area contributed by atoms with E-state index < -0.39 is 21.8 Å². The van der Waals surface area contributed by atoms with Crippen LogP contribution in [0.4, 0.5) is 15.8 Å². The van der Waals surface area contributed by atoms with Gasteiger partial charge in [0.05, 0.1) is 16.5 Å². The van der Waals surface area contributed by atoms with Gasteiger partial charge in [0.25, 0.3) is 10.0 Å². The summed E-state index contributed by atoms with van der Waals surface area (Å²) in [5.74, 6) is -1.42. The van der Waals surface area contributed by atoms with Crippen LogP contribution in [-0.4, -0.2) is 31.7 Å². The molecule has 0 bridgehead atoms. The fourth-order valence-corrected chi connectivity index (χ4v) is 4.79. The normalized spacial score (nSPS) is 15.9. The number of benzene rings is 3. The topological polar surface area (TPSA) is 95.6 Å². The first-order valence-corrected chi connectivity index (χ1v) is 12.2. The molecule has 1 atom stereocenters. The largest absolute Gasteiger partial charge is 0.338 e. The molecule has 0 spiro atoms. The Morgan fingerprint density at radius 1 is 1.03 bits per heavy atom. The Morgan fingerprint density at radius 2 is 1.74 bits per heavy atom. The van der Waals surface area contributed by atoms with Crippen molar-refractivity contribution in [1.82, 2.24) is 4.90 Å². The van der Waals surface area contributed by atoms with Crippen LogP contribution in [0.25, 0.3) is 0 Å². The van der Waals surface area contributed by atoms with E-state index in [4.69, 9.17) is 0 Å². The zero-order valence-corrected chi connectivity index (χ0v) is 19.3. The maximum atomic E-state index is 13.3. The smallest absolute Gasteiger partial charge is 0.261 e. The molecule has 7 nitrogen and oxygen atoms in total. The van der Waals surface area contributed by atoms with Crippen molar-refractivity contribution in [3.8, 4) is 0 Å². The lowest BCUT2D eigenvalue weighted by Gasteiger charge is -2.17. The molecular weight excluding hydrogens is 457 g/mol. The first-order valence-electron chi connectivity index (χ1n) is 10.7. The Hall–Kier alpha value is -3.72. The second-order valence-corrected chi connectivity index (χ2v) is 9.97. The maximum Gasteiger partial charge on any atom is 0.261 e. The monoisotopic (exact) mass is 481 g/mol. The van der Waals surface area contributed by atoms with E-state index in [-0.39, 0.29) is 28.8 Å². The first kappa shape index (κ1) is 23.4. The molecule has 0 aliphatic carbocycles. The predicted molar refractivity (Wildman–Crippen MR) is 127 cm³/mol. The number of hydrogen-bond donors (Lipinski definition) is 2. The van der Waals surface area contributed by atoms with E-state index in [0.29, 0.717) is 18.8 Å². The molecule has 0 radical (unpaired) electrons. The average Bonchev–Trinajstić information content (AvgIpc) is 3.16. The van der Waals surface area contributed by atoms with Crippen LogP contribution in [0, 0.1) is 18.7 Å². The summed E-state index contributed by atoms with van der Waals surface area (Å²) in [5.41, 5.74) is 2.67. The van der Waals surface area contributed by atoms with Crippen LogP contribution in [0.15, 0.2) is 77.7 Å². The van der Waals surface area contributed by atoms with Crippen molar-refractivity contribution in [2.75, 3.05) is 16.6 Å². The van der Waals surface area contributed by atoms with Crippen LogP contribution in [0.3, 0.4) is 0 Å². The summed E-state index contributed by atoms with van der Waals surface area (Å²) in [6.07, 6.45) is 0.127. The lowest BCUT2D eigenvalue weighted by Crippen LogP contribution is -2.28. The number of sulfonamides is 1. The molecule has 1 aliphatic heterocycles. The van der Waals surface area contributed by atoms with Crippen molar-refractivity contribution in [2.45, 2.75) is 24.8 Å². The minimum atomic E-state index is -3.92. The molecule has 3 aromatic rings. The highest BCUT2D eigenvalue weighted by atomic mass is 32.2. The van der Waals surface area contributed by atoms with Gasteiger partial charge < -0.3 is 10.2 Å². The Bertz CT molecular complexity index is 1310. The van der Waals surface area contributed by atoms with Gasteiger partial charge in [-0.25, -0.2) is 12.8 Å². The third-order valence-corrected chi connectivity index (χ3v) is 6.99. The summed E-state index contributed by atoms with van der Waals surface area (Å²) in [6.45, 7) is 2.77. The minimum Gasteiger partial charge on any atom is -0.338 e. The molecular formula is C25H24FN3O4S. The van der Waals surface area contributed by atoms with Gasteiger partial charge in [0, 0.05) is 25.2 Å². The van der Waals surface area contributed by atoms with Crippen molar-refractivity contribution < 1.29 is 22.4 Å². The number of anilines is 2. The summed E-state index contributed by atoms with van der Waals surface area (Å²) in [5, 5.41) is 2.75. The van der Waals surface area contributed by atoms with Gasteiger partial charge in [-0.1, -0.05) is 35.9 Å². The van der Waals surface area contributed by atoms with Gasteiger partial charge in [0.1, 0.15) is 5.82 Å². The Balaban J connectivity index is 1.36. The molecule has 4 rings (SSSR count). The minimum absolute atomic E-state index is 0.0323. The second-order valence-electron chi connectivity index (χ2n) is 8.29. The molecule has 1 heterocycles. The SMILES string of the molecule is Cc1ccc(CN2CC(C(=O)Nc3ccc(S(=O)(=O)Nc4cccc(F)c4)cc3)CC2=O)cc1. The highest BCUT2D eigenvalue weighted by molar-refractivity contribution is 7.92. The first-order chi connectivity index (χ1) is 16.2. The standard InChI is InChI=1S/C25H24FN3O4S/c1-17-5-7-18(8-6-17)15-29-16-19(13-24(29)30)25(31)27-21-9-11-23(12-10-21)34(32,33)28-22-4-2-3-20(26)14-22/h2-12,14,19,28H,13,15-16H2,1H3,(H,27,31). The molecule has 0 saturated carbocycles. The molecule has 1 saturated heterocycles. The molecule has 9 heteroatoms. The van der Waals surface area contributed by atoms with Crippen LogP contribution in [-0.2, 0) is 26.2 Å². The molecule has 0 aromatic heterocycles. The molecule has 2 amide bonds. The highest BCUT2D eigenvalue weighted by Crippen LogP contribution is 2.23. The van der Waals surface area contributed by atoms with E-state index >= 15 is 0 Å². The summed E-state index contributed by atoms with van der Waals surface area (Å²) in [7, 11) is -3.92. The quantitative estimate of drug-likeness (QED) is 0.535. The van der Waals surface area contributed by atoms with Crippen molar-refractivity contribution in [2.24, 2.45) is 5.92 Å². The lowest BCUT2D eigenvalue weighted by atomic mass is 10.1. The molecule has 2 N–H and O–H groups in total.